The van der Waals surface area contributed by atoms with Crippen LogP contribution in [-0.4, -0.2) is 11.1 Å². The van der Waals surface area contributed by atoms with Gasteiger partial charge in [-0.15, -0.1) is 0 Å². The molecule has 1 unspecified atom stereocenters. The highest BCUT2D eigenvalue weighted by atomic mass is 35.5. The molecule has 0 saturated carbocycles. The highest BCUT2D eigenvalue weighted by Gasteiger charge is 2.15. The average molecular weight is 295 g/mol. The van der Waals surface area contributed by atoms with E-state index >= 15 is 0 Å². The molecule has 1 heterocycles. The Hall–Kier alpha value is -1.94. The van der Waals surface area contributed by atoms with E-state index < -0.39 is 5.97 Å². The molecule has 0 bridgehead atoms. The Kier molecular flexibility index (Phi) is 4.35. The van der Waals surface area contributed by atoms with Crippen LogP contribution >= 0.6 is 11.6 Å². The highest BCUT2D eigenvalue weighted by Crippen LogP contribution is 2.27. The number of ether oxygens (including phenoxy) is 1. The molecule has 20 heavy (non-hydrogen) atoms. The Labute approximate surface area is 121 Å². The van der Waals surface area contributed by atoms with Crippen LogP contribution in [0.5, 0.6) is 5.75 Å². The third-order valence-electron chi connectivity index (χ3n) is 2.95. The number of carboxylic acids is 1. The molecular weight excluding hydrogens is 280 g/mol. The molecule has 106 valence electrons. The van der Waals surface area contributed by atoms with E-state index in [2.05, 4.69) is 0 Å². The molecule has 2 rings (SSSR count). The molecule has 0 fully saturated rings. The molecule has 0 radical (unpaired) electrons. The van der Waals surface area contributed by atoms with Crippen molar-refractivity contribution in [3.63, 3.8) is 0 Å². The number of aromatic carboxylic acids is 1. The first-order valence-corrected chi connectivity index (χ1v) is 6.67. The van der Waals surface area contributed by atoms with E-state index in [-0.39, 0.29) is 11.9 Å². The monoisotopic (exact) mass is 294 g/mol. The van der Waals surface area contributed by atoms with Gasteiger partial charge in [0.25, 0.3) is 0 Å². The van der Waals surface area contributed by atoms with Crippen LogP contribution in [0.1, 0.15) is 41.8 Å². The van der Waals surface area contributed by atoms with Crippen molar-refractivity contribution in [1.82, 2.24) is 0 Å². The largest absolute Gasteiger partial charge is 0.483 e. The number of rotatable bonds is 5. The maximum Gasteiger partial charge on any atom is 0.371 e. The summed E-state index contributed by atoms with van der Waals surface area (Å²) in [5, 5.41) is 9.53. The number of carbonyl (C=O) groups is 1. The van der Waals surface area contributed by atoms with Gasteiger partial charge in [-0.3, -0.25) is 0 Å². The molecule has 0 spiro atoms. The second kappa shape index (κ2) is 6.01. The Morgan fingerprint density at radius 3 is 2.75 bits per heavy atom. The van der Waals surface area contributed by atoms with Gasteiger partial charge in [0.05, 0.1) is 0 Å². The second-order valence-corrected chi connectivity index (χ2v) is 4.78. The summed E-state index contributed by atoms with van der Waals surface area (Å²) in [4.78, 5) is 10.8. The summed E-state index contributed by atoms with van der Waals surface area (Å²) < 4.78 is 11.0. The zero-order valence-electron chi connectivity index (χ0n) is 11.2. The zero-order chi connectivity index (χ0) is 14.7. The minimum absolute atomic E-state index is 0.0965. The molecule has 0 amide bonds. The topological polar surface area (TPSA) is 59.7 Å². The van der Waals surface area contributed by atoms with Crippen molar-refractivity contribution in [2.75, 3.05) is 0 Å². The average Bonchev–Trinajstić information content (AvgIpc) is 2.91. The van der Waals surface area contributed by atoms with E-state index in [1.54, 1.807) is 25.1 Å². The number of hydrogen-bond donors (Lipinski definition) is 1. The number of aryl methyl sites for hydroxylation is 1. The predicted octanol–water partition coefficient (Wildman–Crippen LogP) is 4.33. The fourth-order valence-corrected chi connectivity index (χ4v) is 2.10. The first-order valence-electron chi connectivity index (χ1n) is 6.29. The number of hydrogen-bond acceptors (Lipinski definition) is 3. The normalized spacial score (nSPS) is 12.2. The van der Waals surface area contributed by atoms with Crippen LogP contribution in [0.2, 0.25) is 5.02 Å². The zero-order valence-corrected chi connectivity index (χ0v) is 12.0. The van der Waals surface area contributed by atoms with Gasteiger partial charge in [-0.25, -0.2) is 4.79 Å². The molecule has 1 aromatic heterocycles. The summed E-state index contributed by atoms with van der Waals surface area (Å²) in [6.07, 6.45) is 0.433. The Bertz CT molecular complexity index is 618. The second-order valence-electron chi connectivity index (χ2n) is 4.37. The maximum absolute atomic E-state index is 10.8. The van der Waals surface area contributed by atoms with Crippen molar-refractivity contribution >= 4 is 17.6 Å². The van der Waals surface area contributed by atoms with E-state index in [9.17, 15) is 4.79 Å². The molecule has 0 saturated heterocycles. The van der Waals surface area contributed by atoms with Crippen LogP contribution in [0.15, 0.2) is 34.7 Å². The number of furan rings is 1. The summed E-state index contributed by atoms with van der Waals surface area (Å²) in [6.45, 7) is 3.81. The molecule has 0 aliphatic heterocycles. The van der Waals surface area contributed by atoms with Crippen molar-refractivity contribution in [3.8, 4) is 5.75 Å². The van der Waals surface area contributed by atoms with E-state index in [4.69, 9.17) is 25.9 Å². The quantitative estimate of drug-likeness (QED) is 0.891. The van der Waals surface area contributed by atoms with Gasteiger partial charge in [0.1, 0.15) is 11.5 Å². The minimum Gasteiger partial charge on any atom is -0.483 e. The van der Waals surface area contributed by atoms with Crippen molar-refractivity contribution in [3.05, 3.63) is 52.4 Å². The van der Waals surface area contributed by atoms with Gasteiger partial charge >= 0.3 is 5.97 Å². The lowest BCUT2D eigenvalue weighted by Crippen LogP contribution is -2.02. The molecule has 1 N–H and O–H groups in total. The van der Waals surface area contributed by atoms with Gasteiger partial charge in [-0.2, -0.15) is 0 Å². The first-order chi connectivity index (χ1) is 9.51. The van der Waals surface area contributed by atoms with Gasteiger partial charge in [-0.05, 0) is 49.2 Å². The minimum atomic E-state index is -1.09. The van der Waals surface area contributed by atoms with Gasteiger partial charge in [0, 0.05) is 5.02 Å². The molecule has 1 atom stereocenters. The van der Waals surface area contributed by atoms with Crippen LogP contribution < -0.4 is 4.74 Å². The molecule has 0 aliphatic carbocycles. The van der Waals surface area contributed by atoms with Crippen LogP contribution in [0.25, 0.3) is 0 Å². The first kappa shape index (κ1) is 14.5. The van der Waals surface area contributed by atoms with Crippen LogP contribution in [-0.2, 0) is 6.42 Å². The standard InChI is InChI=1S/C15H15ClO4/c1-3-10-8-11(4-5-12(10)16)19-9(2)13-6-7-14(20-13)15(17)18/h4-9H,3H2,1-2H3,(H,17,18). The molecule has 4 nitrogen and oxygen atoms in total. The van der Waals surface area contributed by atoms with Crippen LogP contribution in [0.4, 0.5) is 0 Å². The highest BCUT2D eigenvalue weighted by molar-refractivity contribution is 6.31. The lowest BCUT2D eigenvalue weighted by atomic mass is 10.1. The van der Waals surface area contributed by atoms with Crippen molar-refractivity contribution in [2.24, 2.45) is 0 Å². The summed E-state index contributed by atoms with van der Waals surface area (Å²) in [7, 11) is 0. The number of carboxylic acid groups (broad SMARTS) is 1. The van der Waals surface area contributed by atoms with Gasteiger partial charge in [-0.1, -0.05) is 18.5 Å². The Morgan fingerprint density at radius 1 is 1.40 bits per heavy atom. The van der Waals surface area contributed by atoms with E-state index in [1.807, 2.05) is 13.0 Å². The molecular formula is C15H15ClO4. The van der Waals surface area contributed by atoms with Crippen LogP contribution in [0.3, 0.4) is 0 Å². The Balaban J connectivity index is 2.14. The third-order valence-corrected chi connectivity index (χ3v) is 3.32. The van der Waals surface area contributed by atoms with Crippen molar-refractivity contribution in [2.45, 2.75) is 26.4 Å². The molecule has 5 heteroatoms. The number of halogens is 1. The van der Waals surface area contributed by atoms with Crippen molar-refractivity contribution in [1.29, 1.82) is 0 Å². The smallest absolute Gasteiger partial charge is 0.371 e. The van der Waals surface area contributed by atoms with E-state index in [1.165, 1.54) is 6.07 Å². The lowest BCUT2D eigenvalue weighted by molar-refractivity contribution is 0.0655. The summed E-state index contributed by atoms with van der Waals surface area (Å²) in [5.41, 5.74) is 1.00. The Morgan fingerprint density at radius 2 is 2.15 bits per heavy atom. The van der Waals surface area contributed by atoms with Crippen molar-refractivity contribution < 1.29 is 19.1 Å². The lowest BCUT2D eigenvalue weighted by Gasteiger charge is -2.13. The van der Waals surface area contributed by atoms with Gasteiger partial charge in [0.2, 0.25) is 5.76 Å². The summed E-state index contributed by atoms with van der Waals surface area (Å²) in [5.74, 6) is -0.0496. The molecule has 2 aromatic rings. The number of benzene rings is 1. The third kappa shape index (κ3) is 3.14. The van der Waals surface area contributed by atoms with E-state index in [0.717, 1.165) is 12.0 Å². The van der Waals surface area contributed by atoms with Gasteiger partial charge < -0.3 is 14.3 Å². The molecule has 0 aliphatic rings. The maximum atomic E-state index is 10.8. The SMILES string of the molecule is CCc1cc(OC(C)c2ccc(C(=O)O)o2)ccc1Cl. The predicted molar refractivity (Wildman–Crippen MR) is 75.5 cm³/mol. The van der Waals surface area contributed by atoms with E-state index in [0.29, 0.717) is 16.5 Å². The summed E-state index contributed by atoms with van der Waals surface area (Å²) in [6, 6.07) is 8.45. The fourth-order valence-electron chi connectivity index (χ4n) is 1.84. The van der Waals surface area contributed by atoms with Gasteiger partial charge in [0.15, 0.2) is 6.10 Å². The van der Waals surface area contributed by atoms with Crippen LogP contribution in [0, 0.1) is 0 Å². The summed E-state index contributed by atoms with van der Waals surface area (Å²) >= 11 is 6.05. The fraction of sp³-hybridized carbons (Fsp3) is 0.267. The molecule has 1 aromatic carbocycles.